The molecule has 0 bridgehead atoms. The number of benzene rings is 14. The number of nitrogens with zero attached hydrogens (tertiary/aromatic N) is 7. The van der Waals surface area contributed by atoms with Gasteiger partial charge in [-0.15, -0.1) is 0 Å². The first-order valence-corrected chi connectivity index (χ1v) is 51.2. The first-order chi connectivity index (χ1) is 74.3. The number of hydrogen-bond acceptors (Lipinski definition) is 7. The second kappa shape index (κ2) is 52.3. The summed E-state index contributed by atoms with van der Waals surface area (Å²) in [4.78, 5) is 32.5. The van der Waals surface area contributed by atoms with E-state index in [1.807, 2.05) is 158 Å². The zero-order valence-electron chi connectivity index (χ0n) is 83.6. The topological polar surface area (TPSA) is 90.2 Å². The zero-order chi connectivity index (χ0) is 101. The number of pyridine rings is 7. The molecule has 0 radical (unpaired) electrons. The molecule has 0 amide bonds. The van der Waals surface area contributed by atoms with E-state index in [0.29, 0.717) is 5.92 Å². The molecule has 1 aliphatic carbocycles. The molecule has 0 spiro atoms. The monoisotopic (exact) mass is 1930 g/mol. The van der Waals surface area contributed by atoms with Crippen molar-refractivity contribution in [1.82, 2.24) is 34.9 Å². The fourth-order valence-electron chi connectivity index (χ4n) is 18.2. The van der Waals surface area contributed by atoms with Crippen LogP contribution >= 0.6 is 0 Å². The third-order valence-corrected chi connectivity index (χ3v) is 25.9. The van der Waals surface area contributed by atoms with Crippen molar-refractivity contribution in [2.45, 2.75) is 38.0 Å². The number of hydrogen-bond donors (Lipinski definition) is 0. The van der Waals surface area contributed by atoms with Gasteiger partial charge in [0.05, 0.1) is 50.4 Å². The minimum Gasteiger partial charge on any atom is -0.264 e. The highest BCUT2D eigenvalue weighted by molar-refractivity contribution is 5.98. The lowest BCUT2D eigenvalue weighted by Crippen LogP contribution is -2.06. The van der Waals surface area contributed by atoms with Crippen LogP contribution in [0.2, 0.25) is 0 Å². The van der Waals surface area contributed by atoms with Crippen molar-refractivity contribution >= 4 is 173 Å². The van der Waals surface area contributed by atoms with Gasteiger partial charge in [-0.3, -0.25) is 15.0 Å². The summed E-state index contributed by atoms with van der Waals surface area (Å²) in [5, 5.41) is 10.9. The molecule has 21 aromatic rings. The second-order valence-corrected chi connectivity index (χ2v) is 36.6. The van der Waals surface area contributed by atoms with Gasteiger partial charge in [-0.2, -0.15) is 0 Å². The Morgan fingerprint density at radius 2 is 0.573 bits per heavy atom. The van der Waals surface area contributed by atoms with E-state index in [2.05, 4.69) is 464 Å². The van der Waals surface area contributed by atoms with Gasteiger partial charge in [0.1, 0.15) is 0 Å². The zero-order valence-corrected chi connectivity index (χ0v) is 83.6. The molecule has 0 N–H and O–H groups in total. The molecule has 1 fully saturated rings. The molecule has 22 rings (SSSR count). The van der Waals surface area contributed by atoms with Gasteiger partial charge in [0, 0.05) is 57.9 Å². The molecule has 14 aromatic carbocycles. The summed E-state index contributed by atoms with van der Waals surface area (Å²) in [7, 11) is 0. The molecule has 150 heavy (non-hydrogen) atoms. The van der Waals surface area contributed by atoms with E-state index < -0.39 is 0 Å². The Bertz CT molecular complexity index is 8590. The van der Waals surface area contributed by atoms with Crippen LogP contribution in [0.5, 0.6) is 0 Å². The van der Waals surface area contributed by atoms with Crippen molar-refractivity contribution < 1.29 is 0 Å². The van der Waals surface area contributed by atoms with Crippen LogP contribution < -0.4 is 0 Å². The maximum Gasteiger partial charge on any atom is 0.0721 e. The van der Waals surface area contributed by atoms with Gasteiger partial charge in [0.2, 0.25) is 0 Å². The minimum atomic E-state index is 0.608. The lowest BCUT2D eigenvalue weighted by Gasteiger charge is -2.23. The molecule has 0 aliphatic heterocycles. The molecular weight excluding hydrogens is 1820 g/mol. The van der Waals surface area contributed by atoms with Crippen LogP contribution in [-0.2, 0) is 0 Å². The third kappa shape index (κ3) is 28.9. The predicted octanol–water partition coefficient (Wildman–Crippen LogP) is 37.8. The molecule has 1 saturated carbocycles. The number of para-hydroxylation sites is 1. The molecule has 7 nitrogen and oxygen atoms in total. The second-order valence-electron chi connectivity index (χ2n) is 36.6. The number of allylic oxidation sites excluding steroid dienone is 16. The van der Waals surface area contributed by atoms with Crippen LogP contribution in [0, 0.1) is 0 Å². The van der Waals surface area contributed by atoms with E-state index >= 15 is 0 Å². The average molecular weight is 1930 g/mol. The molecule has 0 atom stereocenters. The van der Waals surface area contributed by atoms with E-state index in [9.17, 15) is 0 Å². The Morgan fingerprint density at radius 1 is 0.187 bits per heavy atom. The maximum absolute atomic E-state index is 5.00. The first-order valence-electron chi connectivity index (χ1n) is 51.2. The van der Waals surface area contributed by atoms with Crippen molar-refractivity contribution in [2.75, 3.05) is 0 Å². The van der Waals surface area contributed by atoms with Crippen molar-refractivity contribution in [2.24, 2.45) is 0 Å². The quantitative estimate of drug-likeness (QED) is 0.0374. The molecule has 720 valence electrons. The molecule has 7 heteroatoms. The van der Waals surface area contributed by atoms with Crippen molar-refractivity contribution in [1.29, 1.82) is 0 Å². The highest BCUT2D eigenvalue weighted by Crippen LogP contribution is 2.39. The molecule has 0 unspecified atom stereocenters. The molecule has 7 aromatic heterocycles. The summed E-state index contributed by atoms with van der Waals surface area (Å²) >= 11 is 0. The summed E-state index contributed by atoms with van der Waals surface area (Å²) in [6.07, 6.45) is 82.3. The lowest BCUT2D eigenvalue weighted by molar-refractivity contribution is 0.445. The normalized spacial score (nSPS) is 12.9. The molecule has 0 saturated heterocycles. The number of rotatable bonds is 27. The van der Waals surface area contributed by atoms with Crippen molar-refractivity contribution in [3.05, 3.63) is 618 Å². The summed E-state index contributed by atoms with van der Waals surface area (Å²) in [6, 6.07) is 137. The van der Waals surface area contributed by atoms with E-state index in [1.54, 1.807) is 12.4 Å². The van der Waals surface area contributed by atoms with Crippen LogP contribution in [0.1, 0.15) is 133 Å². The SMILES string of the molecule is C(/C=C/c1ccc2nc(/C=C/C=C/c3cccnc3)cc(-c3ccccc3)c2c1)=C\c1ccccc1.C(=C\C=C\c1cc(/C=C/C=C/c2ccccc2)c2ccc(-c3ccccc3)cc2n1)/C=C/c1ccc2ccccc2c1.C(=C\C=C\c1cc(C2CCCCC2)c2cc(/C=C/C=C/c3ccccc3)ccc2n1)/C=C/c1cccnc1.C(=C\c1ccc2nc(/C=C/c3cnc4ccccc4c3)ccc2c1)/c1ccc2ccccc2c1. The van der Waals surface area contributed by atoms with Crippen molar-refractivity contribution in [3.8, 4) is 22.3 Å². The standard InChI is InChI=1S/C41H31N.C36H34N2.C34H26N2.C32H22N2/c1(5-18-33-25-26-35-21-13-14-22-36(35)29-33)2-10-24-39-30-38(23-12-11-17-32-15-6-3-7-16-32)40-28-27-37(31-41(40)42-39)34-19-8-4-9-20-34;1(5-18-31-19-13-25-37-28-31)2-10-22-33-27-34(32-20-8-4-9-21-32)35-26-30(23-24-36(35)38-33)17-12-11-16-29-14-6-3-7-15-29;1-3-12-27(13-4-1)14-7-8-15-28-21-22-34-33(24-28)32(30-18-5-2-6-19-30)25-31(36-34)20-10-9-16-29-17-11-23-35-26-29;1-2-6-27-19-23(11-14-26(27)5-1)9-10-24-13-18-32-29(20-24)15-17-30(34-32)16-12-25-21-28-7-3-4-8-31(28)33-22-25/h1-31H;1-3,5-7,10-19,22-28,32H,4,8-9,20-21H2;1-26H;1-22H/b2-1+,17-11+,18-5+,23-12+,24-10+;2-1+,16-11+,17-12+,18-5+,22-10+;14-7+,15-8+,16-9+,20-10+;10-9+,16-12+. The summed E-state index contributed by atoms with van der Waals surface area (Å²) < 4.78 is 0. The van der Waals surface area contributed by atoms with E-state index in [1.165, 1.54) is 115 Å². The first kappa shape index (κ1) is 99.5. The van der Waals surface area contributed by atoms with Crippen molar-refractivity contribution in [3.63, 3.8) is 0 Å². The van der Waals surface area contributed by atoms with Crippen LogP contribution in [0.25, 0.3) is 196 Å². The van der Waals surface area contributed by atoms with Gasteiger partial charge >= 0.3 is 0 Å². The number of fused-ring (bicyclic) bond motifs is 7. The van der Waals surface area contributed by atoms with Crippen LogP contribution in [0.4, 0.5) is 0 Å². The predicted molar refractivity (Wildman–Crippen MR) is 646 cm³/mol. The van der Waals surface area contributed by atoms with Gasteiger partial charge in [0.15, 0.2) is 0 Å². The fourth-order valence-corrected chi connectivity index (χ4v) is 18.2. The van der Waals surface area contributed by atoms with Crippen LogP contribution in [0.15, 0.2) is 523 Å². The lowest BCUT2D eigenvalue weighted by atomic mass is 9.82. The van der Waals surface area contributed by atoms with Gasteiger partial charge in [-0.05, 0) is 262 Å². The molecule has 1 aliphatic rings. The number of aromatic nitrogens is 7. The van der Waals surface area contributed by atoms with E-state index in [0.717, 1.165) is 111 Å². The van der Waals surface area contributed by atoms with Gasteiger partial charge in [-0.1, -0.05) is 481 Å². The highest BCUT2D eigenvalue weighted by atomic mass is 14.7. The Balaban J connectivity index is 0.000000126. The third-order valence-electron chi connectivity index (χ3n) is 25.9. The maximum atomic E-state index is 5.00. The van der Waals surface area contributed by atoms with Crippen LogP contribution in [-0.4, -0.2) is 34.9 Å². The fraction of sp³-hybridized carbons (Fsp3) is 0.0420. The Kier molecular flexibility index (Phi) is 34.7. The summed E-state index contributed by atoms with van der Waals surface area (Å²) in [6.45, 7) is 0. The van der Waals surface area contributed by atoms with Gasteiger partial charge < -0.3 is 0 Å². The Labute approximate surface area is 879 Å². The average Bonchev–Trinajstić information content (AvgIpc) is 0.783. The van der Waals surface area contributed by atoms with Gasteiger partial charge in [0.25, 0.3) is 0 Å². The van der Waals surface area contributed by atoms with E-state index in [4.69, 9.17) is 19.9 Å². The minimum absolute atomic E-state index is 0.608. The molecular formula is C143H113N7. The Hall–Kier alpha value is -19.2. The Morgan fingerprint density at radius 3 is 1.13 bits per heavy atom. The highest BCUT2D eigenvalue weighted by Gasteiger charge is 2.20. The summed E-state index contributed by atoms with van der Waals surface area (Å²) in [5.41, 5.74) is 28.8. The molecule has 7 heterocycles. The van der Waals surface area contributed by atoms with Gasteiger partial charge in [-0.25, -0.2) is 19.9 Å². The largest absolute Gasteiger partial charge is 0.264 e. The smallest absolute Gasteiger partial charge is 0.0721 e. The van der Waals surface area contributed by atoms with E-state index in [-0.39, 0.29) is 0 Å². The van der Waals surface area contributed by atoms with Crippen LogP contribution in [0.3, 0.4) is 0 Å². The summed E-state index contributed by atoms with van der Waals surface area (Å²) in [5.74, 6) is 0.608.